The van der Waals surface area contributed by atoms with Crippen LogP contribution >= 0.6 is 0 Å². The molecule has 0 heterocycles. The number of benzene rings is 1. The first-order valence-electron chi connectivity index (χ1n) is 5.03. The standard InChI is InChI=1S/C8H5.C5H13N.Au/c1-2-8-6-4-3-5-7-8;1-2-3-4-5-6;/h3-7H;2-6H2,1H3;/q-1;;+1. The van der Waals surface area contributed by atoms with E-state index in [9.17, 15) is 0 Å². The van der Waals surface area contributed by atoms with Gasteiger partial charge in [-0.25, -0.2) is 0 Å². The molecule has 15 heavy (non-hydrogen) atoms. The number of hydrogen-bond acceptors (Lipinski definition) is 1. The topological polar surface area (TPSA) is 26.0 Å². The molecule has 1 aromatic rings. The first-order valence-corrected chi connectivity index (χ1v) is 5.03. The van der Waals surface area contributed by atoms with Gasteiger partial charge in [-0.2, -0.15) is 0 Å². The SMILES string of the molecule is CCCCCN.[Au+].[C-]#Cc1ccccc1. The van der Waals surface area contributed by atoms with E-state index in [4.69, 9.17) is 12.2 Å². The van der Waals surface area contributed by atoms with Gasteiger partial charge in [0, 0.05) is 0 Å². The van der Waals surface area contributed by atoms with Crippen molar-refractivity contribution in [2.45, 2.75) is 26.2 Å². The molecule has 0 fully saturated rings. The van der Waals surface area contributed by atoms with Crippen LogP contribution in [-0.2, 0) is 22.4 Å². The van der Waals surface area contributed by atoms with Crippen LogP contribution in [-0.4, -0.2) is 6.54 Å². The Morgan fingerprint density at radius 1 is 1.20 bits per heavy atom. The minimum absolute atomic E-state index is 0. The van der Waals surface area contributed by atoms with Crippen LogP contribution in [0.1, 0.15) is 31.7 Å². The van der Waals surface area contributed by atoms with E-state index in [0.29, 0.717) is 0 Å². The summed E-state index contributed by atoms with van der Waals surface area (Å²) in [6.45, 7) is 3.03. The predicted molar refractivity (Wildman–Crippen MR) is 61.3 cm³/mol. The van der Waals surface area contributed by atoms with Crippen LogP contribution in [0.3, 0.4) is 0 Å². The van der Waals surface area contributed by atoms with Gasteiger partial charge >= 0.3 is 22.4 Å². The molecule has 1 rings (SSSR count). The second-order valence-electron chi connectivity index (χ2n) is 2.99. The molecule has 0 amide bonds. The van der Waals surface area contributed by atoms with E-state index < -0.39 is 0 Å². The summed E-state index contributed by atoms with van der Waals surface area (Å²) < 4.78 is 0. The second-order valence-corrected chi connectivity index (χ2v) is 2.99. The first-order chi connectivity index (χ1) is 6.85. The van der Waals surface area contributed by atoms with Gasteiger partial charge in [0.1, 0.15) is 0 Å². The largest absolute Gasteiger partial charge is 1.00 e. The van der Waals surface area contributed by atoms with Crippen molar-refractivity contribution in [1.29, 1.82) is 0 Å². The first kappa shape index (κ1) is 16.9. The Morgan fingerprint density at radius 2 is 1.80 bits per heavy atom. The Labute approximate surface area is 109 Å². The Bertz CT molecular complexity index is 247. The molecule has 1 aromatic carbocycles. The van der Waals surface area contributed by atoms with Gasteiger partial charge in [0.25, 0.3) is 0 Å². The van der Waals surface area contributed by atoms with Gasteiger partial charge in [0.15, 0.2) is 0 Å². The van der Waals surface area contributed by atoms with E-state index in [0.717, 1.165) is 12.1 Å². The molecule has 0 saturated heterocycles. The molecule has 0 bridgehead atoms. The van der Waals surface area contributed by atoms with Crippen molar-refractivity contribution >= 4 is 0 Å². The fourth-order valence-electron chi connectivity index (χ4n) is 0.916. The zero-order chi connectivity index (χ0) is 10.6. The maximum Gasteiger partial charge on any atom is 1.00 e. The third-order valence-corrected chi connectivity index (χ3v) is 1.73. The molecule has 0 aliphatic heterocycles. The van der Waals surface area contributed by atoms with Crippen molar-refractivity contribution < 1.29 is 22.4 Å². The zero-order valence-corrected chi connectivity index (χ0v) is 11.3. The summed E-state index contributed by atoms with van der Waals surface area (Å²) in [7, 11) is 0. The minimum atomic E-state index is 0. The predicted octanol–water partition coefficient (Wildman–Crippen LogP) is 2.76. The number of hydrogen-bond donors (Lipinski definition) is 1. The molecule has 0 aliphatic carbocycles. The van der Waals surface area contributed by atoms with Crippen molar-refractivity contribution in [3.05, 3.63) is 42.3 Å². The van der Waals surface area contributed by atoms with Crippen molar-refractivity contribution in [3.8, 4) is 5.92 Å². The number of nitrogens with two attached hydrogens (primary N) is 1. The molecular formula is C13H18AuN. The molecule has 0 saturated carbocycles. The Morgan fingerprint density at radius 3 is 2.07 bits per heavy atom. The van der Waals surface area contributed by atoms with E-state index in [1.807, 2.05) is 30.3 Å². The summed E-state index contributed by atoms with van der Waals surface area (Å²) in [4.78, 5) is 0. The maximum atomic E-state index is 6.69. The van der Waals surface area contributed by atoms with E-state index in [-0.39, 0.29) is 22.4 Å². The smallest absolute Gasteiger partial charge is 0.366 e. The van der Waals surface area contributed by atoms with Crippen LogP contribution in [0.5, 0.6) is 0 Å². The Hall–Kier alpha value is -0.520. The Balaban J connectivity index is 0. The van der Waals surface area contributed by atoms with Crippen LogP contribution in [0.2, 0.25) is 0 Å². The van der Waals surface area contributed by atoms with Crippen molar-refractivity contribution in [2.24, 2.45) is 5.73 Å². The summed E-state index contributed by atoms with van der Waals surface area (Å²) in [6.07, 6.45) is 10.4. The molecule has 0 atom stereocenters. The molecule has 2 N–H and O–H groups in total. The van der Waals surface area contributed by atoms with Gasteiger partial charge in [-0.1, -0.05) is 38.0 Å². The summed E-state index contributed by atoms with van der Waals surface area (Å²) in [5.41, 5.74) is 6.04. The molecule has 0 aliphatic rings. The molecular weight excluding hydrogens is 367 g/mol. The fourth-order valence-corrected chi connectivity index (χ4v) is 0.916. The quantitative estimate of drug-likeness (QED) is 0.368. The van der Waals surface area contributed by atoms with Gasteiger partial charge in [0.2, 0.25) is 0 Å². The second kappa shape index (κ2) is 13.5. The molecule has 0 unspecified atom stereocenters. The summed E-state index contributed by atoms with van der Waals surface area (Å²) in [6, 6.07) is 9.37. The van der Waals surface area contributed by atoms with Gasteiger partial charge in [0.05, 0.1) is 0 Å². The fraction of sp³-hybridized carbons (Fsp3) is 0.385. The molecule has 86 valence electrons. The maximum absolute atomic E-state index is 6.69. The normalized spacial score (nSPS) is 7.80. The molecule has 1 nitrogen and oxygen atoms in total. The van der Waals surface area contributed by atoms with E-state index in [1.54, 1.807) is 0 Å². The summed E-state index contributed by atoms with van der Waals surface area (Å²) >= 11 is 0. The van der Waals surface area contributed by atoms with Gasteiger partial charge in [-0.05, 0) is 13.0 Å². The molecule has 2 heteroatoms. The molecule has 0 radical (unpaired) electrons. The van der Waals surface area contributed by atoms with E-state index in [1.165, 1.54) is 19.3 Å². The molecule has 0 spiro atoms. The van der Waals surface area contributed by atoms with Gasteiger partial charge < -0.3 is 12.2 Å². The van der Waals surface area contributed by atoms with E-state index in [2.05, 4.69) is 12.8 Å². The average molecular weight is 385 g/mol. The van der Waals surface area contributed by atoms with Crippen LogP contribution < -0.4 is 5.73 Å². The number of rotatable bonds is 3. The van der Waals surface area contributed by atoms with Crippen LogP contribution in [0.15, 0.2) is 30.3 Å². The number of unbranched alkanes of at least 4 members (excludes halogenated alkanes) is 2. The third-order valence-electron chi connectivity index (χ3n) is 1.73. The summed E-state index contributed by atoms with van der Waals surface area (Å²) in [5.74, 6) is 2.28. The Kier molecular flexibility index (Phi) is 15.2. The van der Waals surface area contributed by atoms with Crippen molar-refractivity contribution in [2.75, 3.05) is 6.54 Å². The minimum Gasteiger partial charge on any atom is -0.366 e. The monoisotopic (exact) mass is 385 g/mol. The van der Waals surface area contributed by atoms with Crippen molar-refractivity contribution in [3.63, 3.8) is 0 Å². The van der Waals surface area contributed by atoms with Crippen molar-refractivity contribution in [1.82, 2.24) is 0 Å². The summed E-state index contributed by atoms with van der Waals surface area (Å²) in [5, 5.41) is 0. The third kappa shape index (κ3) is 11.4. The zero-order valence-electron chi connectivity index (χ0n) is 9.09. The average Bonchev–Trinajstić information content (AvgIpc) is 2.28. The van der Waals surface area contributed by atoms with Crippen LogP contribution in [0.25, 0.3) is 0 Å². The van der Waals surface area contributed by atoms with E-state index >= 15 is 0 Å². The van der Waals surface area contributed by atoms with Crippen LogP contribution in [0.4, 0.5) is 0 Å². The van der Waals surface area contributed by atoms with Crippen LogP contribution in [0, 0.1) is 12.3 Å². The van der Waals surface area contributed by atoms with Gasteiger partial charge in [-0.3, -0.25) is 5.92 Å². The molecule has 0 aromatic heterocycles. The van der Waals surface area contributed by atoms with Gasteiger partial charge in [-0.15, -0.1) is 17.7 Å².